The van der Waals surface area contributed by atoms with Crippen molar-refractivity contribution >= 4 is 57.8 Å². The number of benzene rings is 2. The zero-order chi connectivity index (χ0) is 14.5. The molecule has 0 atom stereocenters. The van der Waals surface area contributed by atoms with Gasteiger partial charge < -0.3 is 10.6 Å². The lowest BCUT2D eigenvalue weighted by Crippen LogP contribution is -2.14. The first-order valence-corrected chi connectivity index (χ1v) is 7.46. The van der Waals surface area contributed by atoms with Crippen molar-refractivity contribution in [2.75, 3.05) is 23.7 Å². The van der Waals surface area contributed by atoms with Crippen LogP contribution in [0.5, 0.6) is 0 Å². The Labute approximate surface area is 138 Å². The van der Waals surface area contributed by atoms with E-state index < -0.39 is 0 Å². The Morgan fingerprint density at radius 1 is 0.750 bits per heavy atom. The van der Waals surface area contributed by atoms with E-state index in [0.29, 0.717) is 33.2 Å². The van der Waals surface area contributed by atoms with Gasteiger partial charge in [-0.15, -0.1) is 0 Å². The van der Waals surface area contributed by atoms with Crippen LogP contribution >= 0.6 is 46.4 Å². The van der Waals surface area contributed by atoms with Crippen LogP contribution in [0.15, 0.2) is 36.4 Å². The van der Waals surface area contributed by atoms with Gasteiger partial charge in [0.2, 0.25) is 0 Å². The summed E-state index contributed by atoms with van der Waals surface area (Å²) in [5, 5.41) is 8.69. The van der Waals surface area contributed by atoms with Crippen LogP contribution in [0.25, 0.3) is 0 Å². The lowest BCUT2D eigenvalue weighted by atomic mass is 10.3. The minimum atomic E-state index is 0.527. The van der Waals surface area contributed by atoms with Crippen LogP contribution in [0.2, 0.25) is 20.1 Å². The fourth-order valence-corrected chi connectivity index (χ4v) is 2.51. The van der Waals surface area contributed by atoms with E-state index in [9.17, 15) is 0 Å². The molecule has 0 unspecified atom stereocenters. The number of nitrogens with one attached hydrogen (secondary N) is 2. The topological polar surface area (TPSA) is 24.1 Å². The third-order valence-corrected chi connectivity index (χ3v) is 4.01. The lowest BCUT2D eigenvalue weighted by molar-refractivity contribution is 1.08. The maximum Gasteiger partial charge on any atom is 0.0823 e. The van der Waals surface area contributed by atoms with Crippen molar-refractivity contribution in [2.45, 2.75) is 0 Å². The van der Waals surface area contributed by atoms with E-state index in [1.165, 1.54) is 0 Å². The molecule has 20 heavy (non-hydrogen) atoms. The highest BCUT2D eigenvalue weighted by atomic mass is 35.5. The van der Waals surface area contributed by atoms with Crippen LogP contribution < -0.4 is 10.6 Å². The maximum absolute atomic E-state index is 6.08. The first-order chi connectivity index (χ1) is 9.58. The summed E-state index contributed by atoms with van der Waals surface area (Å²) in [6.45, 7) is 1.36. The predicted octanol–water partition coefficient (Wildman–Crippen LogP) is 5.82. The molecule has 0 spiro atoms. The van der Waals surface area contributed by atoms with Crippen molar-refractivity contribution < 1.29 is 0 Å². The minimum Gasteiger partial charge on any atom is -0.382 e. The molecule has 6 heteroatoms. The highest BCUT2D eigenvalue weighted by Gasteiger charge is 2.03. The molecule has 2 aromatic carbocycles. The Bertz CT molecular complexity index is 602. The van der Waals surface area contributed by atoms with Gasteiger partial charge in [0.25, 0.3) is 0 Å². The van der Waals surface area contributed by atoms with Crippen LogP contribution in [0, 0.1) is 0 Å². The summed E-state index contributed by atoms with van der Waals surface area (Å²) < 4.78 is 0. The zero-order valence-electron chi connectivity index (χ0n) is 10.4. The molecule has 0 aromatic heterocycles. The van der Waals surface area contributed by atoms with Crippen LogP contribution in [-0.4, -0.2) is 13.1 Å². The standard InChI is InChI=1S/C14H12Cl4N2/c15-9-4-5-12(11(17)8-9)19-6-7-20-13-3-1-2-10(16)14(13)18/h1-5,8,19-20H,6-7H2. The molecular weight excluding hydrogens is 338 g/mol. The molecule has 0 amide bonds. The molecule has 0 aliphatic rings. The molecule has 0 radical (unpaired) electrons. The lowest BCUT2D eigenvalue weighted by Gasteiger charge is -2.11. The summed E-state index contributed by atoms with van der Waals surface area (Å²) in [5.41, 5.74) is 1.65. The summed E-state index contributed by atoms with van der Waals surface area (Å²) in [7, 11) is 0. The van der Waals surface area contributed by atoms with E-state index in [-0.39, 0.29) is 0 Å². The largest absolute Gasteiger partial charge is 0.382 e. The van der Waals surface area contributed by atoms with E-state index in [1.807, 2.05) is 18.2 Å². The SMILES string of the molecule is Clc1ccc(NCCNc2cccc(Cl)c2Cl)c(Cl)c1. The Hall–Kier alpha value is -0.800. The van der Waals surface area contributed by atoms with E-state index in [1.54, 1.807) is 18.2 Å². The fraction of sp³-hybridized carbons (Fsp3) is 0.143. The second-order valence-electron chi connectivity index (χ2n) is 4.08. The van der Waals surface area contributed by atoms with E-state index in [2.05, 4.69) is 10.6 Å². The molecule has 0 bridgehead atoms. The third kappa shape index (κ3) is 4.10. The average molecular weight is 350 g/mol. The molecular formula is C14H12Cl4N2. The van der Waals surface area contributed by atoms with Crippen molar-refractivity contribution in [3.8, 4) is 0 Å². The van der Waals surface area contributed by atoms with Gasteiger partial charge in [-0.05, 0) is 30.3 Å². The van der Waals surface area contributed by atoms with Gasteiger partial charge in [-0.2, -0.15) is 0 Å². The highest BCUT2D eigenvalue weighted by molar-refractivity contribution is 6.43. The van der Waals surface area contributed by atoms with Crippen LogP contribution in [0.3, 0.4) is 0 Å². The van der Waals surface area contributed by atoms with Crippen molar-refractivity contribution in [3.05, 3.63) is 56.5 Å². The molecule has 2 rings (SSSR count). The summed E-state index contributed by atoms with van der Waals surface area (Å²) in [6.07, 6.45) is 0. The predicted molar refractivity (Wildman–Crippen MR) is 89.9 cm³/mol. The second kappa shape index (κ2) is 7.28. The molecule has 106 valence electrons. The molecule has 0 aliphatic carbocycles. The van der Waals surface area contributed by atoms with Gasteiger partial charge in [-0.1, -0.05) is 52.5 Å². The molecule has 0 heterocycles. The van der Waals surface area contributed by atoms with Crippen molar-refractivity contribution in [2.24, 2.45) is 0 Å². The highest BCUT2D eigenvalue weighted by Crippen LogP contribution is 2.29. The van der Waals surface area contributed by atoms with Gasteiger partial charge >= 0.3 is 0 Å². The number of rotatable bonds is 5. The third-order valence-electron chi connectivity index (χ3n) is 2.64. The second-order valence-corrected chi connectivity index (χ2v) is 5.71. The number of hydrogen-bond donors (Lipinski definition) is 2. The first-order valence-electron chi connectivity index (χ1n) is 5.95. The van der Waals surface area contributed by atoms with Gasteiger partial charge in [0.1, 0.15) is 0 Å². The van der Waals surface area contributed by atoms with E-state index >= 15 is 0 Å². The number of hydrogen-bond acceptors (Lipinski definition) is 2. The summed E-state index contributed by atoms with van der Waals surface area (Å²) in [4.78, 5) is 0. The zero-order valence-corrected chi connectivity index (χ0v) is 13.4. The number of halogens is 4. The number of anilines is 2. The van der Waals surface area contributed by atoms with Gasteiger partial charge in [0, 0.05) is 18.1 Å². The Morgan fingerprint density at radius 2 is 1.45 bits per heavy atom. The first kappa shape index (κ1) is 15.6. The Kier molecular flexibility index (Phi) is 5.67. The molecule has 0 saturated heterocycles. The fourth-order valence-electron chi connectivity index (χ4n) is 1.67. The van der Waals surface area contributed by atoms with E-state index in [0.717, 1.165) is 11.4 Å². The minimum absolute atomic E-state index is 0.527. The monoisotopic (exact) mass is 348 g/mol. The van der Waals surface area contributed by atoms with Crippen LogP contribution in [0.1, 0.15) is 0 Å². The van der Waals surface area contributed by atoms with Crippen molar-refractivity contribution in [1.29, 1.82) is 0 Å². The van der Waals surface area contributed by atoms with E-state index in [4.69, 9.17) is 46.4 Å². The summed E-state index contributed by atoms with van der Waals surface area (Å²) >= 11 is 23.9. The molecule has 2 aromatic rings. The average Bonchev–Trinajstić information content (AvgIpc) is 2.41. The molecule has 0 fully saturated rings. The van der Waals surface area contributed by atoms with Crippen LogP contribution in [0.4, 0.5) is 11.4 Å². The van der Waals surface area contributed by atoms with Crippen LogP contribution in [-0.2, 0) is 0 Å². The van der Waals surface area contributed by atoms with Gasteiger partial charge in [-0.3, -0.25) is 0 Å². The quantitative estimate of drug-likeness (QED) is 0.664. The maximum atomic E-state index is 6.08. The molecule has 2 N–H and O–H groups in total. The smallest absolute Gasteiger partial charge is 0.0823 e. The van der Waals surface area contributed by atoms with Gasteiger partial charge in [0.05, 0.1) is 26.4 Å². The molecule has 0 saturated carbocycles. The van der Waals surface area contributed by atoms with Crippen molar-refractivity contribution in [1.82, 2.24) is 0 Å². The Balaban J connectivity index is 1.86. The Morgan fingerprint density at radius 3 is 2.15 bits per heavy atom. The van der Waals surface area contributed by atoms with Gasteiger partial charge in [-0.25, -0.2) is 0 Å². The van der Waals surface area contributed by atoms with Crippen molar-refractivity contribution in [3.63, 3.8) is 0 Å². The molecule has 0 aliphatic heterocycles. The summed E-state index contributed by atoms with van der Waals surface area (Å²) in [5.74, 6) is 0. The molecule has 2 nitrogen and oxygen atoms in total. The summed E-state index contributed by atoms with van der Waals surface area (Å²) in [6, 6.07) is 10.8. The van der Waals surface area contributed by atoms with Gasteiger partial charge in [0.15, 0.2) is 0 Å². The normalized spacial score (nSPS) is 10.4.